The van der Waals surface area contributed by atoms with Crippen molar-refractivity contribution in [3.8, 4) is 0 Å². The van der Waals surface area contributed by atoms with Gasteiger partial charge in [0.2, 0.25) is 0 Å². The molecule has 1 atom stereocenters. The maximum Gasteiger partial charge on any atom is 0.191 e. The van der Waals surface area contributed by atoms with E-state index in [1.165, 1.54) is 5.56 Å². The summed E-state index contributed by atoms with van der Waals surface area (Å²) in [5, 5.41) is 6.62. The molecule has 0 bridgehead atoms. The molecule has 1 unspecified atom stereocenters. The summed E-state index contributed by atoms with van der Waals surface area (Å²) in [6, 6.07) is 10.5. The summed E-state index contributed by atoms with van der Waals surface area (Å²) < 4.78 is 11.2. The fourth-order valence-electron chi connectivity index (χ4n) is 2.52. The van der Waals surface area contributed by atoms with Crippen molar-refractivity contribution in [3.63, 3.8) is 0 Å². The summed E-state index contributed by atoms with van der Waals surface area (Å²) in [5.74, 6) is 0.851. The number of guanidine groups is 1. The van der Waals surface area contributed by atoms with Gasteiger partial charge in [0.05, 0.1) is 25.9 Å². The molecule has 1 fully saturated rings. The predicted octanol–water partition coefficient (Wildman–Crippen LogP) is 2.60. The maximum atomic E-state index is 5.63. The first kappa shape index (κ1) is 21.2. The summed E-state index contributed by atoms with van der Waals surface area (Å²) in [4.78, 5) is 4.54. The zero-order chi connectivity index (χ0) is 16.2. The van der Waals surface area contributed by atoms with Crippen molar-refractivity contribution < 1.29 is 9.47 Å². The lowest BCUT2D eigenvalue weighted by atomic mass is 10.1. The number of hydrogen-bond acceptors (Lipinski definition) is 3. The molecule has 0 radical (unpaired) electrons. The van der Waals surface area contributed by atoms with E-state index in [4.69, 9.17) is 9.47 Å². The molecule has 2 rings (SSSR count). The highest BCUT2D eigenvalue weighted by molar-refractivity contribution is 14.0. The second kappa shape index (κ2) is 13.4. The first-order valence-electron chi connectivity index (χ1n) is 8.64. The summed E-state index contributed by atoms with van der Waals surface area (Å²) in [6.45, 7) is 6.65. The Balaban J connectivity index is 0.00000288. The van der Waals surface area contributed by atoms with Crippen molar-refractivity contribution >= 4 is 29.9 Å². The molecule has 1 aliphatic heterocycles. The number of nitrogens with one attached hydrogen (secondary N) is 2. The highest BCUT2D eigenvalue weighted by Gasteiger charge is 2.14. The number of hydrogen-bond donors (Lipinski definition) is 2. The average molecular weight is 447 g/mol. The van der Waals surface area contributed by atoms with Crippen LogP contribution >= 0.6 is 24.0 Å². The topological polar surface area (TPSA) is 54.9 Å². The quantitative estimate of drug-likeness (QED) is 0.265. The lowest BCUT2D eigenvalue weighted by Crippen LogP contribution is -2.38. The lowest BCUT2D eigenvalue weighted by molar-refractivity contribution is 0.0200. The number of aliphatic imine (C=N–C) groups is 1. The van der Waals surface area contributed by atoms with Gasteiger partial charge in [0.1, 0.15) is 0 Å². The molecule has 136 valence electrons. The van der Waals surface area contributed by atoms with Crippen LogP contribution in [0.15, 0.2) is 35.3 Å². The van der Waals surface area contributed by atoms with Gasteiger partial charge in [-0.05, 0) is 31.7 Å². The fourth-order valence-corrected chi connectivity index (χ4v) is 2.52. The molecule has 0 aromatic heterocycles. The van der Waals surface area contributed by atoms with Crippen LogP contribution < -0.4 is 10.6 Å². The van der Waals surface area contributed by atoms with Crippen LogP contribution in [0.5, 0.6) is 0 Å². The average Bonchev–Trinajstić information content (AvgIpc) is 3.09. The van der Waals surface area contributed by atoms with Crippen molar-refractivity contribution in [1.82, 2.24) is 10.6 Å². The Bertz CT molecular complexity index is 451. The molecule has 1 saturated heterocycles. The minimum atomic E-state index is 0. The van der Waals surface area contributed by atoms with E-state index in [9.17, 15) is 0 Å². The van der Waals surface area contributed by atoms with E-state index in [1.807, 2.05) is 6.07 Å². The maximum absolute atomic E-state index is 5.63. The molecular weight excluding hydrogens is 417 g/mol. The van der Waals surface area contributed by atoms with Crippen molar-refractivity contribution in [2.75, 3.05) is 39.5 Å². The van der Waals surface area contributed by atoms with Gasteiger partial charge in [-0.25, -0.2) is 0 Å². The molecule has 1 heterocycles. The lowest BCUT2D eigenvalue weighted by Gasteiger charge is -2.12. The summed E-state index contributed by atoms with van der Waals surface area (Å²) in [6.07, 6.45) is 3.55. The normalized spacial score (nSPS) is 17.4. The van der Waals surface area contributed by atoms with Crippen LogP contribution in [0, 0.1) is 0 Å². The third-order valence-corrected chi connectivity index (χ3v) is 3.73. The Morgan fingerprint density at radius 1 is 1.29 bits per heavy atom. The van der Waals surface area contributed by atoms with Gasteiger partial charge in [-0.2, -0.15) is 0 Å². The number of benzene rings is 1. The largest absolute Gasteiger partial charge is 0.377 e. The molecule has 1 aromatic carbocycles. The van der Waals surface area contributed by atoms with E-state index >= 15 is 0 Å². The number of halogens is 1. The van der Waals surface area contributed by atoms with Gasteiger partial charge in [0.25, 0.3) is 0 Å². The highest BCUT2D eigenvalue weighted by Crippen LogP contribution is 2.11. The van der Waals surface area contributed by atoms with Crippen molar-refractivity contribution in [1.29, 1.82) is 0 Å². The monoisotopic (exact) mass is 447 g/mol. The second-order valence-electron chi connectivity index (χ2n) is 5.63. The zero-order valence-corrected chi connectivity index (χ0v) is 16.8. The molecule has 1 aromatic rings. The SMILES string of the molecule is CCNC(=NCCOCC1CCCO1)NCCc1ccccc1.I. The van der Waals surface area contributed by atoms with Crippen LogP contribution in [-0.2, 0) is 15.9 Å². The smallest absolute Gasteiger partial charge is 0.191 e. The molecule has 0 saturated carbocycles. The van der Waals surface area contributed by atoms with Crippen LogP contribution in [-0.4, -0.2) is 51.5 Å². The minimum absolute atomic E-state index is 0. The Kier molecular flexibility index (Phi) is 11.9. The van der Waals surface area contributed by atoms with E-state index in [1.54, 1.807) is 0 Å². The molecule has 2 N–H and O–H groups in total. The minimum Gasteiger partial charge on any atom is -0.377 e. The third kappa shape index (κ3) is 8.84. The summed E-state index contributed by atoms with van der Waals surface area (Å²) in [5.41, 5.74) is 1.33. The van der Waals surface area contributed by atoms with Gasteiger partial charge >= 0.3 is 0 Å². The summed E-state index contributed by atoms with van der Waals surface area (Å²) >= 11 is 0. The van der Waals surface area contributed by atoms with Crippen molar-refractivity contribution in [2.45, 2.75) is 32.3 Å². The molecule has 24 heavy (non-hydrogen) atoms. The molecule has 0 amide bonds. The molecule has 0 aliphatic carbocycles. The van der Waals surface area contributed by atoms with Gasteiger partial charge < -0.3 is 20.1 Å². The van der Waals surface area contributed by atoms with Gasteiger partial charge in [-0.15, -0.1) is 24.0 Å². The zero-order valence-electron chi connectivity index (χ0n) is 14.5. The Morgan fingerprint density at radius 2 is 2.12 bits per heavy atom. The fraction of sp³-hybridized carbons (Fsp3) is 0.611. The number of rotatable bonds is 9. The molecule has 5 nitrogen and oxygen atoms in total. The van der Waals surface area contributed by atoms with Crippen LogP contribution in [0.3, 0.4) is 0 Å². The predicted molar refractivity (Wildman–Crippen MR) is 109 cm³/mol. The van der Waals surface area contributed by atoms with Crippen LogP contribution in [0.1, 0.15) is 25.3 Å². The van der Waals surface area contributed by atoms with E-state index in [0.717, 1.165) is 44.9 Å². The Labute approximate surface area is 162 Å². The van der Waals surface area contributed by atoms with E-state index < -0.39 is 0 Å². The molecule has 6 heteroatoms. The molecular formula is C18H30IN3O2. The first-order valence-corrected chi connectivity index (χ1v) is 8.64. The van der Waals surface area contributed by atoms with E-state index in [-0.39, 0.29) is 30.1 Å². The molecule has 0 spiro atoms. The van der Waals surface area contributed by atoms with E-state index in [0.29, 0.717) is 19.8 Å². The highest BCUT2D eigenvalue weighted by atomic mass is 127. The van der Waals surface area contributed by atoms with Gasteiger partial charge in [-0.3, -0.25) is 4.99 Å². The number of nitrogens with zero attached hydrogens (tertiary/aromatic N) is 1. The van der Waals surface area contributed by atoms with Gasteiger partial charge in [0, 0.05) is 19.7 Å². The Morgan fingerprint density at radius 3 is 2.83 bits per heavy atom. The Hall–Kier alpha value is -0.860. The number of ether oxygens (including phenoxy) is 2. The third-order valence-electron chi connectivity index (χ3n) is 3.73. The van der Waals surface area contributed by atoms with Gasteiger partial charge in [0.15, 0.2) is 5.96 Å². The van der Waals surface area contributed by atoms with Gasteiger partial charge in [-0.1, -0.05) is 30.3 Å². The van der Waals surface area contributed by atoms with Crippen molar-refractivity contribution in [2.24, 2.45) is 4.99 Å². The van der Waals surface area contributed by atoms with Crippen molar-refractivity contribution in [3.05, 3.63) is 35.9 Å². The van der Waals surface area contributed by atoms with E-state index in [2.05, 4.69) is 46.8 Å². The van der Waals surface area contributed by atoms with Crippen LogP contribution in [0.25, 0.3) is 0 Å². The molecule has 1 aliphatic rings. The second-order valence-corrected chi connectivity index (χ2v) is 5.63. The standard InChI is InChI=1S/C18H29N3O2.HI/c1-2-19-18(20-11-10-16-7-4-3-5-8-16)21-12-14-22-15-17-9-6-13-23-17;/h3-5,7-8,17H,2,6,9-15H2,1H3,(H2,19,20,21);1H. The van der Waals surface area contributed by atoms with Crippen LogP contribution in [0.4, 0.5) is 0 Å². The van der Waals surface area contributed by atoms with Crippen LogP contribution in [0.2, 0.25) is 0 Å². The summed E-state index contributed by atoms with van der Waals surface area (Å²) in [7, 11) is 0. The first-order chi connectivity index (χ1) is 11.4.